The summed E-state index contributed by atoms with van der Waals surface area (Å²) in [4.78, 5) is 24.4. The number of carbonyl (C=O) groups is 2. The van der Waals surface area contributed by atoms with Crippen LogP contribution < -0.4 is 10.6 Å². The van der Waals surface area contributed by atoms with Gasteiger partial charge in [-0.3, -0.25) is 4.79 Å². The summed E-state index contributed by atoms with van der Waals surface area (Å²) in [6.45, 7) is 11.6. The van der Waals surface area contributed by atoms with E-state index in [4.69, 9.17) is 4.74 Å². The Labute approximate surface area is 146 Å². The Bertz CT molecular complexity index is 458. The summed E-state index contributed by atoms with van der Waals surface area (Å²) in [6.07, 6.45) is 7.59. The van der Waals surface area contributed by atoms with Crippen molar-refractivity contribution in [3.8, 4) is 0 Å². The average molecular weight is 338 g/mol. The van der Waals surface area contributed by atoms with Crippen LogP contribution in [0.25, 0.3) is 0 Å². The quantitative estimate of drug-likeness (QED) is 0.766. The number of allylic oxidation sites excluding steroid dienone is 1. The van der Waals surface area contributed by atoms with Crippen molar-refractivity contribution in [1.29, 1.82) is 0 Å². The van der Waals surface area contributed by atoms with Crippen molar-refractivity contribution >= 4 is 12.0 Å². The van der Waals surface area contributed by atoms with Crippen LogP contribution in [0.2, 0.25) is 0 Å². The van der Waals surface area contributed by atoms with Gasteiger partial charge in [0.15, 0.2) is 0 Å². The van der Waals surface area contributed by atoms with Crippen LogP contribution in [0.5, 0.6) is 0 Å². The molecule has 0 aromatic carbocycles. The van der Waals surface area contributed by atoms with Crippen LogP contribution in [0.4, 0.5) is 4.79 Å². The van der Waals surface area contributed by atoms with Gasteiger partial charge < -0.3 is 15.4 Å². The molecule has 0 saturated heterocycles. The van der Waals surface area contributed by atoms with E-state index in [-0.39, 0.29) is 29.0 Å². The molecule has 0 aromatic heterocycles. The van der Waals surface area contributed by atoms with Crippen molar-refractivity contribution in [2.45, 2.75) is 90.8 Å². The molecule has 5 heteroatoms. The first-order valence-corrected chi connectivity index (χ1v) is 8.93. The van der Waals surface area contributed by atoms with Crippen LogP contribution in [0.15, 0.2) is 12.2 Å². The largest absolute Gasteiger partial charge is 0.442 e. The Morgan fingerprint density at radius 3 is 2.25 bits per heavy atom. The molecule has 2 N–H and O–H groups in total. The number of alkyl carbamates (subject to hydrolysis) is 1. The zero-order valence-corrected chi connectivity index (χ0v) is 16.1. The number of hydrogen-bond acceptors (Lipinski definition) is 3. The third-order valence-corrected chi connectivity index (χ3v) is 3.67. The van der Waals surface area contributed by atoms with E-state index in [1.54, 1.807) is 0 Å². The molecule has 0 heterocycles. The molecule has 1 rings (SSSR count). The van der Waals surface area contributed by atoms with E-state index in [2.05, 4.69) is 16.7 Å². The van der Waals surface area contributed by atoms with Gasteiger partial charge in [0.05, 0.1) is 0 Å². The zero-order chi connectivity index (χ0) is 18.4. The smallest absolute Gasteiger partial charge is 0.408 e. The Kier molecular flexibility index (Phi) is 7.30. The zero-order valence-electron chi connectivity index (χ0n) is 16.1. The predicted octanol–water partition coefficient (Wildman–Crippen LogP) is 3.93. The molecule has 1 aliphatic carbocycles. The van der Waals surface area contributed by atoms with E-state index in [9.17, 15) is 9.59 Å². The van der Waals surface area contributed by atoms with Gasteiger partial charge in [0.2, 0.25) is 5.91 Å². The highest BCUT2D eigenvalue weighted by Crippen LogP contribution is 2.25. The van der Waals surface area contributed by atoms with Crippen molar-refractivity contribution in [3.05, 3.63) is 12.2 Å². The summed E-state index contributed by atoms with van der Waals surface area (Å²) in [5.74, 6) is 0.0147. The Balaban J connectivity index is 2.75. The van der Waals surface area contributed by atoms with E-state index in [1.165, 1.54) is 0 Å². The summed E-state index contributed by atoms with van der Waals surface area (Å²) in [7, 11) is 0. The maximum absolute atomic E-state index is 12.3. The van der Waals surface area contributed by atoms with Crippen LogP contribution in [0, 0.1) is 5.92 Å². The summed E-state index contributed by atoms with van der Waals surface area (Å²) in [6, 6.07) is 0. The first-order chi connectivity index (χ1) is 11.0. The third-order valence-electron chi connectivity index (χ3n) is 3.67. The Morgan fingerprint density at radius 1 is 1.04 bits per heavy atom. The molecule has 0 saturated carbocycles. The van der Waals surface area contributed by atoms with Gasteiger partial charge in [-0.25, -0.2) is 4.79 Å². The normalized spacial score (nSPS) is 23.6. The van der Waals surface area contributed by atoms with Crippen molar-refractivity contribution < 1.29 is 14.3 Å². The monoisotopic (exact) mass is 338 g/mol. The first-order valence-electron chi connectivity index (χ1n) is 8.93. The van der Waals surface area contributed by atoms with E-state index in [0.29, 0.717) is 6.42 Å². The topological polar surface area (TPSA) is 67.4 Å². The number of rotatable bonds is 3. The van der Waals surface area contributed by atoms with Crippen molar-refractivity contribution in [2.75, 3.05) is 0 Å². The molecule has 24 heavy (non-hydrogen) atoms. The SMILES string of the molecule is CC(C)(C)NC(=O)CC1CCCC/C=C/C1OC(=O)NC(C)(C)C. The lowest BCUT2D eigenvalue weighted by Gasteiger charge is -2.29. The van der Waals surface area contributed by atoms with Gasteiger partial charge >= 0.3 is 6.09 Å². The lowest BCUT2D eigenvalue weighted by molar-refractivity contribution is -0.124. The van der Waals surface area contributed by atoms with Crippen LogP contribution in [0.3, 0.4) is 0 Å². The number of carbonyl (C=O) groups excluding carboxylic acids is 2. The maximum Gasteiger partial charge on any atom is 0.408 e. The number of nitrogens with one attached hydrogen (secondary N) is 2. The molecule has 0 fully saturated rings. The van der Waals surface area contributed by atoms with Gasteiger partial charge in [0.1, 0.15) is 6.10 Å². The van der Waals surface area contributed by atoms with Crippen LogP contribution in [0.1, 0.15) is 73.6 Å². The fraction of sp³-hybridized carbons (Fsp3) is 0.789. The highest BCUT2D eigenvalue weighted by atomic mass is 16.6. The highest BCUT2D eigenvalue weighted by molar-refractivity contribution is 5.77. The summed E-state index contributed by atoms with van der Waals surface area (Å²) in [5.41, 5.74) is -0.601. The van der Waals surface area contributed by atoms with Crippen molar-refractivity contribution in [3.63, 3.8) is 0 Å². The standard InChI is InChI=1S/C19H34N2O3/c1-18(2,3)20-16(22)13-14-11-9-7-8-10-12-15(14)24-17(23)21-19(4,5)6/h10,12,14-15H,7-9,11,13H2,1-6H3,(H,20,22)(H,21,23)/b12-10+. The number of amides is 2. The molecule has 1 aliphatic rings. The predicted molar refractivity (Wildman–Crippen MR) is 96.8 cm³/mol. The second kappa shape index (κ2) is 8.54. The van der Waals surface area contributed by atoms with Crippen LogP contribution >= 0.6 is 0 Å². The van der Waals surface area contributed by atoms with E-state index in [1.807, 2.05) is 47.6 Å². The first kappa shape index (κ1) is 20.5. The van der Waals surface area contributed by atoms with Crippen molar-refractivity contribution in [2.24, 2.45) is 5.92 Å². The van der Waals surface area contributed by atoms with Crippen molar-refractivity contribution in [1.82, 2.24) is 10.6 Å². The second-order valence-corrected chi connectivity index (χ2v) is 8.72. The van der Waals surface area contributed by atoms with Gasteiger partial charge in [0, 0.05) is 23.4 Å². The van der Waals surface area contributed by atoms with Crippen LogP contribution in [-0.2, 0) is 9.53 Å². The van der Waals surface area contributed by atoms with Gasteiger partial charge in [0.25, 0.3) is 0 Å². The molecule has 2 atom stereocenters. The molecule has 0 radical (unpaired) electrons. The molecule has 5 nitrogen and oxygen atoms in total. The van der Waals surface area contributed by atoms with Gasteiger partial charge in [-0.05, 0) is 66.9 Å². The van der Waals surface area contributed by atoms with Gasteiger partial charge in [-0.15, -0.1) is 0 Å². The Morgan fingerprint density at radius 2 is 1.67 bits per heavy atom. The summed E-state index contributed by atoms with van der Waals surface area (Å²) >= 11 is 0. The van der Waals surface area contributed by atoms with Gasteiger partial charge in [-0.2, -0.15) is 0 Å². The molecule has 2 amide bonds. The molecule has 0 bridgehead atoms. The fourth-order valence-electron chi connectivity index (χ4n) is 2.74. The maximum atomic E-state index is 12.3. The van der Waals surface area contributed by atoms with Crippen LogP contribution in [-0.4, -0.2) is 29.2 Å². The Hall–Kier alpha value is -1.52. The summed E-state index contributed by atoms with van der Waals surface area (Å²) < 4.78 is 5.63. The molecular weight excluding hydrogens is 304 g/mol. The lowest BCUT2D eigenvalue weighted by atomic mass is 9.89. The van der Waals surface area contributed by atoms with Gasteiger partial charge in [-0.1, -0.05) is 12.5 Å². The number of hydrogen-bond donors (Lipinski definition) is 2. The molecule has 2 unspecified atom stereocenters. The second-order valence-electron chi connectivity index (χ2n) is 8.72. The minimum Gasteiger partial charge on any atom is -0.442 e. The van der Waals surface area contributed by atoms with E-state index >= 15 is 0 Å². The fourth-order valence-corrected chi connectivity index (χ4v) is 2.74. The molecule has 138 valence electrons. The molecule has 0 aromatic rings. The van der Waals surface area contributed by atoms with E-state index < -0.39 is 6.09 Å². The minimum atomic E-state index is -0.432. The number of ether oxygens (including phenoxy) is 1. The minimum absolute atomic E-state index is 0.00584. The average Bonchev–Trinajstić information content (AvgIpc) is 2.32. The molecule has 0 aliphatic heterocycles. The summed E-state index contributed by atoms with van der Waals surface area (Å²) in [5, 5.41) is 5.81. The molecular formula is C19H34N2O3. The molecule has 0 spiro atoms. The third kappa shape index (κ3) is 8.94. The van der Waals surface area contributed by atoms with E-state index in [0.717, 1.165) is 25.7 Å². The lowest BCUT2D eigenvalue weighted by Crippen LogP contribution is -2.44. The highest BCUT2D eigenvalue weighted by Gasteiger charge is 2.28.